The van der Waals surface area contributed by atoms with Crippen molar-refractivity contribution in [2.75, 3.05) is 12.4 Å². The Kier molecular flexibility index (Phi) is 5.65. The highest BCUT2D eigenvalue weighted by Crippen LogP contribution is 2.36. The Labute approximate surface area is 175 Å². The van der Waals surface area contributed by atoms with E-state index >= 15 is 0 Å². The number of benzene rings is 1. The second kappa shape index (κ2) is 8.37. The number of hydrogen-bond donors (Lipinski definition) is 2. The van der Waals surface area contributed by atoms with Gasteiger partial charge < -0.3 is 10.6 Å². The molecule has 0 saturated carbocycles. The second-order valence-corrected chi connectivity index (χ2v) is 7.61. The molecule has 0 radical (unpaired) electrons. The van der Waals surface area contributed by atoms with Crippen molar-refractivity contribution in [1.82, 2.24) is 19.3 Å². The summed E-state index contributed by atoms with van der Waals surface area (Å²) < 4.78 is 41.9. The van der Waals surface area contributed by atoms with Gasteiger partial charge in [0.15, 0.2) is 0 Å². The number of alkyl halides is 3. The molecule has 4 rings (SSSR count). The number of pyridine rings is 2. The monoisotopic (exact) mass is 429 g/mol. The molecule has 0 aliphatic rings. The molecule has 0 saturated heterocycles. The summed E-state index contributed by atoms with van der Waals surface area (Å²) in [6.07, 6.45) is 3.17. The molecule has 1 aromatic carbocycles. The maximum Gasteiger partial charge on any atom is 0.419 e. The molecule has 154 valence electrons. The van der Waals surface area contributed by atoms with Crippen molar-refractivity contribution in [3.63, 3.8) is 0 Å². The van der Waals surface area contributed by atoms with Crippen molar-refractivity contribution >= 4 is 34.2 Å². The van der Waals surface area contributed by atoms with Crippen LogP contribution in [0.1, 0.15) is 11.1 Å². The van der Waals surface area contributed by atoms with Gasteiger partial charge in [0.05, 0.1) is 16.8 Å². The lowest BCUT2D eigenvalue weighted by Crippen LogP contribution is -2.09. The third kappa shape index (κ3) is 4.27. The van der Waals surface area contributed by atoms with E-state index in [1.54, 1.807) is 18.5 Å². The number of anilines is 2. The summed E-state index contributed by atoms with van der Waals surface area (Å²) in [5, 5.41) is 7.07. The average molecular weight is 429 g/mol. The topological polar surface area (TPSA) is 54.8 Å². The average Bonchev–Trinajstić information content (AvgIpc) is 3.05. The van der Waals surface area contributed by atoms with Crippen molar-refractivity contribution in [2.24, 2.45) is 0 Å². The minimum atomic E-state index is -4.49. The molecule has 0 spiro atoms. The van der Waals surface area contributed by atoms with Gasteiger partial charge >= 0.3 is 6.18 Å². The molecule has 3 heterocycles. The summed E-state index contributed by atoms with van der Waals surface area (Å²) >= 11 is 1.49. The van der Waals surface area contributed by atoms with Crippen molar-refractivity contribution in [1.29, 1.82) is 0 Å². The van der Waals surface area contributed by atoms with Crippen molar-refractivity contribution in [2.45, 2.75) is 17.6 Å². The molecule has 0 unspecified atom stereocenters. The Balaban J connectivity index is 1.74. The molecule has 4 aromatic rings. The van der Waals surface area contributed by atoms with E-state index in [2.05, 4.69) is 20.6 Å². The second-order valence-electron chi connectivity index (χ2n) is 6.57. The predicted molar refractivity (Wildman–Crippen MR) is 113 cm³/mol. The summed E-state index contributed by atoms with van der Waals surface area (Å²) in [6.45, 7) is 0.673. The molecule has 0 aliphatic carbocycles. The van der Waals surface area contributed by atoms with E-state index in [9.17, 15) is 13.2 Å². The van der Waals surface area contributed by atoms with Gasteiger partial charge in [-0.3, -0.25) is 13.9 Å². The van der Waals surface area contributed by atoms with Crippen LogP contribution in [0.2, 0.25) is 0 Å². The zero-order valence-corrected chi connectivity index (χ0v) is 16.8. The molecule has 9 heteroatoms. The Morgan fingerprint density at radius 3 is 2.63 bits per heavy atom. The van der Waals surface area contributed by atoms with Crippen LogP contribution in [0.4, 0.5) is 24.5 Å². The van der Waals surface area contributed by atoms with Crippen molar-refractivity contribution < 1.29 is 13.2 Å². The quantitative estimate of drug-likeness (QED) is 0.426. The lowest BCUT2D eigenvalue weighted by atomic mass is 10.1. The fraction of sp³-hybridized carbons (Fsp3) is 0.143. The third-order valence-electron chi connectivity index (χ3n) is 4.47. The van der Waals surface area contributed by atoms with Gasteiger partial charge in [-0.05, 0) is 54.9 Å². The number of fused-ring (bicyclic) bond motifs is 1. The van der Waals surface area contributed by atoms with Gasteiger partial charge in [0.1, 0.15) is 0 Å². The van der Waals surface area contributed by atoms with Crippen LogP contribution in [0.15, 0.2) is 72.3 Å². The van der Waals surface area contributed by atoms with E-state index in [-0.39, 0.29) is 5.69 Å². The van der Waals surface area contributed by atoms with Crippen LogP contribution < -0.4 is 10.6 Å². The molecule has 0 atom stereocenters. The molecule has 0 fully saturated rings. The molecule has 30 heavy (non-hydrogen) atoms. The predicted octanol–water partition coefficient (Wildman–Crippen LogP) is 5.47. The SMILES string of the molecule is CNCc1cn(Sc2cccnc2)c2cc(Nc3ccncc3C(F)(F)F)ccc12. The van der Waals surface area contributed by atoms with Crippen molar-refractivity contribution in [3.8, 4) is 0 Å². The summed E-state index contributed by atoms with van der Waals surface area (Å²) in [5.41, 5.74) is 1.70. The van der Waals surface area contributed by atoms with Crippen LogP contribution >= 0.6 is 11.9 Å². The number of aromatic nitrogens is 3. The van der Waals surface area contributed by atoms with Gasteiger partial charge in [-0.25, -0.2) is 0 Å². The fourth-order valence-corrected chi connectivity index (χ4v) is 4.05. The lowest BCUT2D eigenvalue weighted by Gasteiger charge is -2.14. The van der Waals surface area contributed by atoms with Gasteiger partial charge in [0.25, 0.3) is 0 Å². The number of halogens is 3. The highest BCUT2D eigenvalue weighted by molar-refractivity contribution is 7.98. The maximum absolute atomic E-state index is 13.3. The maximum atomic E-state index is 13.3. The van der Waals surface area contributed by atoms with Crippen LogP contribution in [0.25, 0.3) is 10.9 Å². The largest absolute Gasteiger partial charge is 0.419 e. The molecular weight excluding hydrogens is 411 g/mol. The molecule has 2 N–H and O–H groups in total. The molecule has 0 aliphatic heterocycles. The number of rotatable bonds is 6. The number of nitrogens with one attached hydrogen (secondary N) is 2. The Hall–Kier alpha value is -3.04. The zero-order valence-electron chi connectivity index (χ0n) is 15.9. The molecule has 3 aromatic heterocycles. The van der Waals surface area contributed by atoms with Crippen molar-refractivity contribution in [3.05, 3.63) is 78.5 Å². The summed E-state index contributed by atoms with van der Waals surface area (Å²) in [6, 6.07) is 10.7. The minimum Gasteiger partial charge on any atom is -0.355 e. The smallest absolute Gasteiger partial charge is 0.355 e. The van der Waals surface area contributed by atoms with E-state index in [0.29, 0.717) is 12.2 Å². The van der Waals surface area contributed by atoms with Crippen LogP contribution in [0.3, 0.4) is 0 Å². The van der Waals surface area contributed by atoms with E-state index in [0.717, 1.165) is 27.6 Å². The van der Waals surface area contributed by atoms with E-state index in [1.165, 1.54) is 24.2 Å². The fourth-order valence-electron chi connectivity index (χ4n) is 3.15. The normalized spacial score (nSPS) is 11.7. The minimum absolute atomic E-state index is 0.0367. The highest BCUT2D eigenvalue weighted by Gasteiger charge is 2.33. The molecule has 0 bridgehead atoms. The highest BCUT2D eigenvalue weighted by atomic mass is 32.2. The van der Waals surface area contributed by atoms with E-state index < -0.39 is 11.7 Å². The third-order valence-corrected chi connectivity index (χ3v) is 5.42. The summed E-state index contributed by atoms with van der Waals surface area (Å²) in [4.78, 5) is 8.70. The van der Waals surface area contributed by atoms with Gasteiger partial charge in [-0.15, -0.1) is 0 Å². The first-order valence-electron chi connectivity index (χ1n) is 9.11. The molecule has 0 amide bonds. The first kappa shape index (κ1) is 20.2. The first-order valence-corrected chi connectivity index (χ1v) is 9.88. The van der Waals surface area contributed by atoms with E-state index in [1.807, 2.05) is 41.5 Å². The van der Waals surface area contributed by atoms with Crippen LogP contribution in [0.5, 0.6) is 0 Å². The number of nitrogens with zero attached hydrogens (tertiary/aromatic N) is 3. The molecule has 5 nitrogen and oxygen atoms in total. The summed E-state index contributed by atoms with van der Waals surface area (Å²) in [7, 11) is 1.87. The number of hydrogen-bond acceptors (Lipinski definition) is 5. The van der Waals surface area contributed by atoms with Crippen LogP contribution in [-0.4, -0.2) is 21.0 Å². The van der Waals surface area contributed by atoms with Crippen LogP contribution in [-0.2, 0) is 12.7 Å². The van der Waals surface area contributed by atoms with Gasteiger partial charge in [-0.1, -0.05) is 6.07 Å². The van der Waals surface area contributed by atoms with Gasteiger partial charge in [0.2, 0.25) is 0 Å². The Morgan fingerprint density at radius 2 is 1.90 bits per heavy atom. The first-order chi connectivity index (χ1) is 14.5. The van der Waals surface area contributed by atoms with Gasteiger partial charge in [-0.2, -0.15) is 13.2 Å². The lowest BCUT2D eigenvalue weighted by molar-refractivity contribution is -0.137. The van der Waals surface area contributed by atoms with Crippen LogP contribution in [0, 0.1) is 0 Å². The molecular formula is C21H18F3N5S. The Morgan fingerprint density at radius 1 is 1.07 bits per heavy atom. The summed E-state index contributed by atoms with van der Waals surface area (Å²) in [5.74, 6) is 0. The zero-order chi connectivity index (χ0) is 21.1. The van der Waals surface area contributed by atoms with E-state index in [4.69, 9.17) is 0 Å². The van der Waals surface area contributed by atoms with Gasteiger partial charge in [0, 0.05) is 53.5 Å². The standard InChI is InChI=1S/C21H18F3N5S/c1-25-10-14-13-29(30-16-3-2-7-26-11-16)20-9-15(4-5-17(14)20)28-19-6-8-27-12-18(19)21(22,23)24/h2-9,11-13,25H,10H2,1H3,(H,27,28). The Bertz CT molecular complexity index is 1160.